The molecular formula is C20H24Cl2N2O2S. The van der Waals surface area contributed by atoms with Crippen LogP contribution in [0.15, 0.2) is 57.5 Å². The predicted octanol–water partition coefficient (Wildman–Crippen LogP) is 5.90. The molecule has 0 spiro atoms. The number of ether oxygens (including phenoxy) is 1. The van der Waals surface area contributed by atoms with E-state index < -0.39 is 0 Å². The van der Waals surface area contributed by atoms with Crippen LogP contribution in [0.25, 0.3) is 0 Å². The fraction of sp³-hybridized carbons (Fsp3) is 0.350. The average molecular weight is 427 g/mol. The Balaban J connectivity index is 2.34. The molecule has 1 aromatic carbocycles. The summed E-state index contributed by atoms with van der Waals surface area (Å²) >= 11 is 13.2. The van der Waals surface area contributed by atoms with E-state index in [1.165, 1.54) is 5.54 Å². The molecule has 0 aliphatic heterocycles. The highest BCUT2D eigenvalue weighted by atomic mass is 35.5. The van der Waals surface area contributed by atoms with E-state index in [-0.39, 0.29) is 12.8 Å². The van der Waals surface area contributed by atoms with E-state index >= 15 is 0 Å². The van der Waals surface area contributed by atoms with Crippen LogP contribution in [0.3, 0.4) is 0 Å². The maximum Gasteiger partial charge on any atom is 0.178 e. The van der Waals surface area contributed by atoms with E-state index in [0.717, 1.165) is 29.2 Å². The molecule has 2 aromatic rings. The number of halogens is 2. The van der Waals surface area contributed by atoms with Crippen molar-refractivity contribution in [2.75, 3.05) is 19.7 Å². The Hall–Kier alpha value is -1.53. The lowest BCUT2D eigenvalue weighted by Crippen LogP contribution is -2.33. The van der Waals surface area contributed by atoms with Gasteiger partial charge in [0, 0.05) is 11.1 Å². The third kappa shape index (κ3) is 6.25. The topological polar surface area (TPSA) is 34.1 Å². The second-order valence-corrected chi connectivity index (χ2v) is 7.34. The molecule has 0 saturated carbocycles. The van der Waals surface area contributed by atoms with Crippen molar-refractivity contribution in [3.8, 4) is 5.75 Å². The molecule has 4 nitrogen and oxygen atoms in total. The minimum Gasteiger partial charge on any atom is -0.487 e. The number of para-hydroxylation sites is 1. The first-order valence-corrected chi connectivity index (χ1v) is 10.5. The molecule has 0 bridgehead atoms. The number of hydrogen-bond donors (Lipinski definition) is 0. The standard InChI is InChI=1S/C20H24Cl2N2O2S/c1-4-24(5-2)15(3)26-23-20(19-11-8-12-27-19)17-9-6-7-10-18(17)25-14-16(22)13-21/h6-13,15H,4-5,14H2,1-3H3. The Kier molecular flexibility index (Phi) is 9.15. The summed E-state index contributed by atoms with van der Waals surface area (Å²) < 4.78 is 5.84. The molecule has 0 fully saturated rings. The Bertz CT molecular complexity index is 759. The summed E-state index contributed by atoms with van der Waals surface area (Å²) in [5, 5.41) is 6.93. The molecule has 0 amide bonds. The van der Waals surface area contributed by atoms with Crippen LogP contribution in [0.2, 0.25) is 0 Å². The van der Waals surface area contributed by atoms with Crippen molar-refractivity contribution in [1.29, 1.82) is 0 Å². The van der Waals surface area contributed by atoms with E-state index in [1.807, 2.05) is 48.7 Å². The zero-order valence-electron chi connectivity index (χ0n) is 15.7. The number of oxime groups is 1. The number of hydrogen-bond acceptors (Lipinski definition) is 5. The van der Waals surface area contributed by atoms with Gasteiger partial charge in [0.1, 0.15) is 18.1 Å². The zero-order valence-corrected chi connectivity index (χ0v) is 18.0. The third-order valence-electron chi connectivity index (χ3n) is 4.00. The van der Waals surface area contributed by atoms with Gasteiger partial charge in [-0.3, -0.25) is 4.90 Å². The minimum atomic E-state index is -0.128. The number of rotatable bonds is 10. The first-order chi connectivity index (χ1) is 13.1. The van der Waals surface area contributed by atoms with Crippen LogP contribution in [0.4, 0.5) is 0 Å². The Morgan fingerprint density at radius 1 is 1.22 bits per heavy atom. The average Bonchev–Trinajstić information content (AvgIpc) is 3.22. The molecule has 0 N–H and O–H groups in total. The molecular weight excluding hydrogens is 403 g/mol. The van der Waals surface area contributed by atoms with Crippen molar-refractivity contribution in [2.24, 2.45) is 5.16 Å². The lowest BCUT2D eigenvalue weighted by atomic mass is 10.1. The van der Waals surface area contributed by atoms with Crippen LogP contribution < -0.4 is 4.74 Å². The van der Waals surface area contributed by atoms with E-state index in [4.69, 9.17) is 32.8 Å². The first-order valence-electron chi connectivity index (χ1n) is 8.79. The van der Waals surface area contributed by atoms with Crippen LogP contribution in [-0.2, 0) is 4.84 Å². The molecule has 1 atom stereocenters. The van der Waals surface area contributed by atoms with Gasteiger partial charge in [-0.2, -0.15) is 0 Å². The minimum absolute atomic E-state index is 0.128. The number of benzene rings is 1. The van der Waals surface area contributed by atoms with Crippen molar-refractivity contribution in [3.05, 3.63) is 62.8 Å². The molecule has 0 radical (unpaired) electrons. The molecule has 1 heterocycles. The van der Waals surface area contributed by atoms with Crippen molar-refractivity contribution >= 4 is 40.3 Å². The van der Waals surface area contributed by atoms with Crippen LogP contribution in [-0.4, -0.2) is 36.5 Å². The Labute approximate surface area is 175 Å². The summed E-state index contributed by atoms with van der Waals surface area (Å²) in [6.45, 7) is 8.18. The maximum absolute atomic E-state index is 5.96. The molecule has 27 heavy (non-hydrogen) atoms. The van der Waals surface area contributed by atoms with Crippen molar-refractivity contribution in [2.45, 2.75) is 27.0 Å². The van der Waals surface area contributed by atoms with E-state index in [0.29, 0.717) is 10.8 Å². The monoisotopic (exact) mass is 426 g/mol. The first kappa shape index (κ1) is 21.8. The Morgan fingerprint density at radius 2 is 1.96 bits per heavy atom. The molecule has 7 heteroatoms. The lowest BCUT2D eigenvalue weighted by molar-refractivity contribution is -0.0404. The quantitative estimate of drug-likeness (QED) is 0.269. The van der Waals surface area contributed by atoms with E-state index in [1.54, 1.807) is 11.3 Å². The normalized spacial score (nSPS) is 13.7. The van der Waals surface area contributed by atoms with Crippen LogP contribution >= 0.6 is 34.5 Å². The third-order valence-corrected chi connectivity index (χ3v) is 5.47. The predicted molar refractivity (Wildman–Crippen MR) is 115 cm³/mol. The van der Waals surface area contributed by atoms with Gasteiger partial charge in [0.15, 0.2) is 6.23 Å². The van der Waals surface area contributed by atoms with Gasteiger partial charge in [-0.15, -0.1) is 11.3 Å². The van der Waals surface area contributed by atoms with Crippen molar-refractivity contribution < 1.29 is 9.57 Å². The molecule has 2 rings (SSSR count). The van der Waals surface area contributed by atoms with Gasteiger partial charge in [0.05, 0.1) is 9.91 Å². The highest BCUT2D eigenvalue weighted by molar-refractivity contribution is 7.12. The Morgan fingerprint density at radius 3 is 2.59 bits per heavy atom. The van der Waals surface area contributed by atoms with Crippen molar-refractivity contribution in [3.63, 3.8) is 0 Å². The van der Waals surface area contributed by atoms with Gasteiger partial charge >= 0.3 is 0 Å². The molecule has 1 aromatic heterocycles. The molecule has 0 saturated heterocycles. The fourth-order valence-electron chi connectivity index (χ4n) is 2.54. The molecule has 0 aliphatic rings. The van der Waals surface area contributed by atoms with Gasteiger partial charge in [-0.1, -0.05) is 60.4 Å². The van der Waals surface area contributed by atoms with Crippen LogP contribution in [0.1, 0.15) is 31.2 Å². The summed E-state index contributed by atoms with van der Waals surface area (Å²) in [6.07, 6.45) is -0.128. The highest BCUT2D eigenvalue weighted by Crippen LogP contribution is 2.26. The van der Waals surface area contributed by atoms with Gasteiger partial charge in [0.2, 0.25) is 0 Å². The lowest BCUT2D eigenvalue weighted by Gasteiger charge is -2.24. The summed E-state index contributed by atoms with van der Waals surface area (Å²) in [5.74, 6) is 0.667. The zero-order chi connectivity index (χ0) is 19.6. The van der Waals surface area contributed by atoms with E-state index in [9.17, 15) is 0 Å². The smallest absolute Gasteiger partial charge is 0.178 e. The van der Waals surface area contributed by atoms with Gasteiger partial charge in [-0.25, -0.2) is 0 Å². The molecule has 1 unspecified atom stereocenters. The van der Waals surface area contributed by atoms with Crippen LogP contribution in [0.5, 0.6) is 5.75 Å². The second kappa shape index (κ2) is 11.3. The SMILES string of the molecule is CCN(CC)C(C)ON=C(c1cccs1)c1ccccc1OCC(Cl)=CCl. The summed E-state index contributed by atoms with van der Waals surface area (Å²) in [6, 6.07) is 11.7. The van der Waals surface area contributed by atoms with Crippen molar-refractivity contribution in [1.82, 2.24) is 4.90 Å². The van der Waals surface area contributed by atoms with Crippen LogP contribution in [0, 0.1) is 0 Å². The largest absolute Gasteiger partial charge is 0.487 e. The number of thiophene rings is 1. The van der Waals surface area contributed by atoms with Gasteiger partial charge < -0.3 is 9.57 Å². The second-order valence-electron chi connectivity index (χ2n) is 5.68. The maximum atomic E-state index is 5.96. The van der Waals surface area contributed by atoms with Gasteiger partial charge in [-0.05, 0) is 43.6 Å². The summed E-state index contributed by atoms with van der Waals surface area (Å²) in [5.41, 5.74) is 2.86. The fourth-order valence-corrected chi connectivity index (χ4v) is 3.38. The summed E-state index contributed by atoms with van der Waals surface area (Å²) in [4.78, 5) is 9.02. The molecule has 0 aliphatic carbocycles. The summed E-state index contributed by atoms with van der Waals surface area (Å²) in [7, 11) is 0. The van der Waals surface area contributed by atoms with Gasteiger partial charge in [0.25, 0.3) is 0 Å². The van der Waals surface area contributed by atoms with E-state index in [2.05, 4.69) is 23.9 Å². The number of nitrogens with zero attached hydrogens (tertiary/aromatic N) is 2. The molecule has 146 valence electrons. The highest BCUT2D eigenvalue weighted by Gasteiger charge is 2.17.